The standard InChI is InChI=1S/C31H49BrO5/c1-19(32)10-12-22(27(34)36-18-37-28(35)29(2,3)4)21-14-16-31(6)23-13-11-20-9-7-8-15-30(20,5)26(23)25(33)17-24(21)31/h19-20,23-26,33H,7-18H2,1-6H3/b22-21+. The fourth-order valence-corrected chi connectivity index (χ4v) is 8.97. The molecular weight excluding hydrogens is 532 g/mol. The van der Waals surface area contributed by atoms with Gasteiger partial charge in [-0.25, -0.2) is 4.79 Å². The summed E-state index contributed by atoms with van der Waals surface area (Å²) in [5.41, 5.74) is 1.64. The highest BCUT2D eigenvalue weighted by atomic mass is 79.9. The van der Waals surface area contributed by atoms with Crippen molar-refractivity contribution in [3.8, 4) is 0 Å². The lowest BCUT2D eigenvalue weighted by Gasteiger charge is -2.62. The molecule has 0 aromatic rings. The van der Waals surface area contributed by atoms with Gasteiger partial charge in [0.25, 0.3) is 0 Å². The fraction of sp³-hybridized carbons (Fsp3) is 0.871. The Morgan fingerprint density at radius 1 is 1.08 bits per heavy atom. The Labute approximate surface area is 232 Å². The SMILES string of the molecule is CC(Br)CC/C(C(=O)OCOC(=O)C(C)(C)C)=C1/CCC2(C)C1CC(O)C1C2CCC2CCCCC21C. The second-order valence-electron chi connectivity index (χ2n) is 14.1. The van der Waals surface area contributed by atoms with Crippen LogP contribution in [-0.2, 0) is 19.1 Å². The first-order chi connectivity index (χ1) is 17.3. The van der Waals surface area contributed by atoms with Crippen LogP contribution in [0.1, 0.15) is 112 Å². The molecule has 4 fully saturated rings. The average molecular weight is 582 g/mol. The van der Waals surface area contributed by atoms with E-state index in [9.17, 15) is 14.7 Å². The highest BCUT2D eigenvalue weighted by molar-refractivity contribution is 9.09. The number of hydrogen-bond donors (Lipinski definition) is 1. The number of esters is 2. The van der Waals surface area contributed by atoms with Gasteiger partial charge in [0.15, 0.2) is 0 Å². The molecule has 8 unspecified atom stereocenters. The van der Waals surface area contributed by atoms with E-state index in [4.69, 9.17) is 9.47 Å². The zero-order valence-corrected chi connectivity index (χ0v) is 25.5. The van der Waals surface area contributed by atoms with Crippen LogP contribution in [0.2, 0.25) is 0 Å². The van der Waals surface area contributed by atoms with Gasteiger partial charge in [0.1, 0.15) is 0 Å². The number of aliphatic hydroxyl groups is 1. The molecule has 0 heterocycles. The Balaban J connectivity index is 1.59. The minimum absolute atomic E-state index is 0.106. The number of fused-ring (bicyclic) bond motifs is 5. The van der Waals surface area contributed by atoms with E-state index in [2.05, 4.69) is 36.7 Å². The van der Waals surface area contributed by atoms with Crippen LogP contribution in [0.15, 0.2) is 11.1 Å². The first-order valence-electron chi connectivity index (χ1n) is 14.7. The van der Waals surface area contributed by atoms with Crippen LogP contribution < -0.4 is 0 Å². The first kappa shape index (κ1) is 29.1. The normalized spacial score (nSPS) is 39.6. The van der Waals surface area contributed by atoms with E-state index in [1.807, 2.05) is 0 Å². The average Bonchev–Trinajstić information content (AvgIpc) is 3.14. The smallest absolute Gasteiger partial charge is 0.336 e. The number of aliphatic hydroxyl groups excluding tert-OH is 1. The van der Waals surface area contributed by atoms with Crippen molar-refractivity contribution in [3.05, 3.63) is 11.1 Å². The van der Waals surface area contributed by atoms with Gasteiger partial charge in [-0.3, -0.25) is 4.79 Å². The molecule has 4 aliphatic carbocycles. The Hall–Kier alpha value is -0.880. The molecule has 4 rings (SSSR count). The van der Waals surface area contributed by atoms with Crippen LogP contribution in [0.3, 0.4) is 0 Å². The van der Waals surface area contributed by atoms with E-state index in [0.29, 0.717) is 18.3 Å². The number of alkyl halides is 1. The topological polar surface area (TPSA) is 72.8 Å². The fourth-order valence-electron chi connectivity index (χ4n) is 8.74. The zero-order chi connectivity index (χ0) is 27.2. The molecule has 8 atom stereocenters. The minimum atomic E-state index is -0.644. The van der Waals surface area contributed by atoms with E-state index in [-0.39, 0.29) is 46.4 Å². The summed E-state index contributed by atoms with van der Waals surface area (Å²) in [4.78, 5) is 25.8. The number of allylic oxidation sites excluding steroid dienone is 1. The third-order valence-electron chi connectivity index (χ3n) is 10.8. The van der Waals surface area contributed by atoms with E-state index < -0.39 is 5.41 Å². The van der Waals surface area contributed by atoms with Crippen LogP contribution in [0.4, 0.5) is 0 Å². The van der Waals surface area contributed by atoms with Gasteiger partial charge in [0.2, 0.25) is 6.79 Å². The number of carbonyl (C=O) groups is 2. The summed E-state index contributed by atoms with van der Waals surface area (Å²) in [6.45, 7) is 12.0. The third-order valence-corrected chi connectivity index (χ3v) is 11.2. The molecule has 0 aliphatic heterocycles. The summed E-state index contributed by atoms with van der Waals surface area (Å²) in [5.74, 6) is 1.06. The van der Waals surface area contributed by atoms with Crippen LogP contribution in [0, 0.1) is 39.9 Å². The lowest BCUT2D eigenvalue weighted by atomic mass is 9.43. The number of halogens is 1. The molecule has 4 saturated carbocycles. The quantitative estimate of drug-likeness (QED) is 0.154. The van der Waals surface area contributed by atoms with Crippen LogP contribution in [-0.4, -0.2) is 34.8 Å². The summed E-state index contributed by atoms with van der Waals surface area (Å²) >= 11 is 3.64. The minimum Gasteiger partial charge on any atom is -0.427 e. The molecular formula is C31H49BrO5. The second kappa shape index (κ2) is 10.9. The Bertz CT molecular complexity index is 904. The van der Waals surface area contributed by atoms with Crippen molar-refractivity contribution in [1.29, 1.82) is 0 Å². The maximum absolute atomic E-state index is 13.4. The molecule has 0 bridgehead atoms. The number of hydrogen-bond acceptors (Lipinski definition) is 5. The van der Waals surface area contributed by atoms with Crippen LogP contribution in [0.5, 0.6) is 0 Å². The van der Waals surface area contributed by atoms with Gasteiger partial charge in [-0.2, -0.15) is 0 Å². The van der Waals surface area contributed by atoms with Crippen molar-refractivity contribution in [2.45, 2.75) is 123 Å². The Morgan fingerprint density at radius 3 is 2.49 bits per heavy atom. The summed E-state index contributed by atoms with van der Waals surface area (Å²) in [6.07, 6.45) is 11.5. The van der Waals surface area contributed by atoms with Gasteiger partial charge < -0.3 is 14.6 Å². The number of carbonyl (C=O) groups excluding carboxylic acids is 2. The van der Waals surface area contributed by atoms with Gasteiger partial charge in [0.05, 0.1) is 11.5 Å². The van der Waals surface area contributed by atoms with Crippen LogP contribution in [0.25, 0.3) is 0 Å². The molecule has 6 heteroatoms. The summed E-state index contributed by atoms with van der Waals surface area (Å²) in [6, 6.07) is 0. The number of ether oxygens (including phenoxy) is 2. The van der Waals surface area contributed by atoms with Crippen molar-refractivity contribution in [2.75, 3.05) is 6.79 Å². The van der Waals surface area contributed by atoms with E-state index in [1.165, 1.54) is 44.1 Å². The molecule has 0 aromatic heterocycles. The van der Waals surface area contributed by atoms with Crippen molar-refractivity contribution in [3.63, 3.8) is 0 Å². The maximum atomic E-state index is 13.4. The molecule has 0 aromatic carbocycles. The number of rotatable bonds is 6. The largest absolute Gasteiger partial charge is 0.427 e. The molecule has 210 valence electrons. The first-order valence-corrected chi connectivity index (χ1v) is 15.6. The van der Waals surface area contributed by atoms with Gasteiger partial charge in [-0.15, -0.1) is 0 Å². The Morgan fingerprint density at radius 2 is 1.81 bits per heavy atom. The molecule has 0 radical (unpaired) electrons. The monoisotopic (exact) mass is 580 g/mol. The molecule has 0 amide bonds. The van der Waals surface area contributed by atoms with Gasteiger partial charge >= 0.3 is 11.9 Å². The second-order valence-corrected chi connectivity index (χ2v) is 15.6. The van der Waals surface area contributed by atoms with Gasteiger partial charge in [0, 0.05) is 10.4 Å². The van der Waals surface area contributed by atoms with Gasteiger partial charge in [-0.1, -0.05) is 55.1 Å². The van der Waals surface area contributed by atoms with Crippen molar-refractivity contribution >= 4 is 27.9 Å². The lowest BCUT2D eigenvalue weighted by Crippen LogP contribution is -2.58. The van der Waals surface area contributed by atoms with Crippen molar-refractivity contribution < 1.29 is 24.2 Å². The highest BCUT2D eigenvalue weighted by Crippen LogP contribution is 2.68. The van der Waals surface area contributed by atoms with E-state index in [1.54, 1.807) is 20.8 Å². The predicted octanol–water partition coefficient (Wildman–Crippen LogP) is 7.34. The Kier molecular flexibility index (Phi) is 8.61. The lowest BCUT2D eigenvalue weighted by molar-refractivity contribution is -0.171. The molecule has 4 aliphatic rings. The molecule has 0 spiro atoms. The summed E-state index contributed by atoms with van der Waals surface area (Å²) in [5, 5.41) is 11.7. The molecule has 37 heavy (non-hydrogen) atoms. The maximum Gasteiger partial charge on any atom is 0.336 e. The molecule has 0 saturated heterocycles. The van der Waals surface area contributed by atoms with Crippen molar-refractivity contribution in [1.82, 2.24) is 0 Å². The van der Waals surface area contributed by atoms with Crippen molar-refractivity contribution in [2.24, 2.45) is 39.9 Å². The predicted molar refractivity (Wildman–Crippen MR) is 149 cm³/mol. The van der Waals surface area contributed by atoms with Gasteiger partial charge in [-0.05, 0) is 113 Å². The summed E-state index contributed by atoms with van der Waals surface area (Å²) < 4.78 is 10.8. The summed E-state index contributed by atoms with van der Waals surface area (Å²) in [7, 11) is 0. The van der Waals surface area contributed by atoms with Crippen LogP contribution >= 0.6 is 15.9 Å². The molecule has 1 N–H and O–H groups in total. The van der Waals surface area contributed by atoms with E-state index >= 15 is 0 Å². The zero-order valence-electron chi connectivity index (χ0n) is 23.9. The third kappa shape index (κ3) is 5.58. The molecule has 5 nitrogen and oxygen atoms in total. The van der Waals surface area contributed by atoms with E-state index in [0.717, 1.165) is 37.2 Å². The highest BCUT2D eigenvalue weighted by Gasteiger charge is 2.62.